The zero-order valence-electron chi connectivity index (χ0n) is 11.3. The number of ether oxygens (including phenoxy) is 1. The van der Waals surface area contributed by atoms with Crippen LogP contribution in [0.25, 0.3) is 11.1 Å². The third kappa shape index (κ3) is 3.18. The summed E-state index contributed by atoms with van der Waals surface area (Å²) >= 11 is 0. The van der Waals surface area contributed by atoms with Crippen molar-refractivity contribution in [3.05, 3.63) is 53.3 Å². The lowest BCUT2D eigenvalue weighted by Gasteiger charge is -2.07. The number of phenols is 1. The normalized spacial score (nSPS) is 9.95. The number of phenolic OH excluding ortho intramolecular Hbond substituents is 1. The van der Waals surface area contributed by atoms with Crippen LogP contribution in [0, 0.1) is 17.1 Å². The van der Waals surface area contributed by atoms with Crippen LogP contribution < -0.4 is 0 Å². The third-order valence-corrected chi connectivity index (χ3v) is 2.84. The zero-order valence-corrected chi connectivity index (χ0v) is 11.3. The third-order valence-electron chi connectivity index (χ3n) is 2.84. The summed E-state index contributed by atoms with van der Waals surface area (Å²) in [6.07, 6.45) is 0. The Labute approximate surface area is 121 Å². The molecule has 0 atom stereocenters. The first-order valence-corrected chi connectivity index (χ1v) is 6.26. The predicted octanol–water partition coefficient (Wildman–Crippen LogP) is 3.25. The molecule has 1 N–H and O–H groups in total. The first kappa shape index (κ1) is 14.5. The number of nitriles is 1. The van der Waals surface area contributed by atoms with Crippen molar-refractivity contribution >= 4 is 5.97 Å². The highest BCUT2D eigenvalue weighted by Crippen LogP contribution is 2.27. The van der Waals surface area contributed by atoms with Crippen LogP contribution >= 0.6 is 0 Å². The Kier molecular flexibility index (Phi) is 4.19. The summed E-state index contributed by atoms with van der Waals surface area (Å²) in [6.45, 7) is 1.80. The smallest absolute Gasteiger partial charge is 0.341 e. The van der Waals surface area contributed by atoms with Crippen molar-refractivity contribution in [2.45, 2.75) is 6.92 Å². The highest BCUT2D eigenvalue weighted by molar-refractivity contribution is 5.90. The Balaban J connectivity index is 2.43. The Hall–Kier alpha value is -2.87. The molecular weight excluding hydrogens is 273 g/mol. The number of benzene rings is 2. The maximum absolute atomic E-state index is 14.0. The van der Waals surface area contributed by atoms with Gasteiger partial charge in [-0.3, -0.25) is 0 Å². The van der Waals surface area contributed by atoms with Crippen LogP contribution in [0.4, 0.5) is 4.39 Å². The minimum atomic E-state index is -0.727. The second-order valence-electron chi connectivity index (χ2n) is 4.30. The summed E-state index contributed by atoms with van der Waals surface area (Å²) in [5.41, 5.74) is 1.05. The molecule has 2 aromatic rings. The topological polar surface area (TPSA) is 70.3 Å². The molecule has 0 unspecified atom stereocenters. The standard InChI is InChI=1S/C16H12FNO3/c1-2-21-16(20)14-4-3-11(8-15(14)17)12-5-10(9-18)6-13(19)7-12/h3-8,19H,2H2,1H3. The first-order valence-electron chi connectivity index (χ1n) is 6.26. The monoisotopic (exact) mass is 285 g/mol. The number of carbonyl (C=O) groups is 1. The molecule has 2 rings (SSSR count). The van der Waals surface area contributed by atoms with Crippen LogP contribution in [0.5, 0.6) is 5.75 Å². The van der Waals surface area contributed by atoms with Crippen LogP contribution in [-0.4, -0.2) is 17.7 Å². The molecular formula is C16H12FNO3. The van der Waals surface area contributed by atoms with Crippen molar-refractivity contribution in [3.8, 4) is 22.9 Å². The maximum Gasteiger partial charge on any atom is 0.341 e. The van der Waals surface area contributed by atoms with Gasteiger partial charge in [0.15, 0.2) is 0 Å². The second-order valence-corrected chi connectivity index (χ2v) is 4.30. The summed E-state index contributed by atoms with van der Waals surface area (Å²) in [5.74, 6) is -1.53. The lowest BCUT2D eigenvalue weighted by atomic mass is 10.0. The number of carbonyl (C=O) groups excluding carboxylic acids is 1. The van der Waals surface area contributed by atoms with Gasteiger partial charge in [-0.25, -0.2) is 9.18 Å². The molecule has 0 saturated carbocycles. The van der Waals surface area contributed by atoms with E-state index in [-0.39, 0.29) is 23.5 Å². The number of esters is 1. The lowest BCUT2D eigenvalue weighted by Crippen LogP contribution is -2.07. The van der Waals surface area contributed by atoms with Gasteiger partial charge < -0.3 is 9.84 Å². The highest BCUT2D eigenvalue weighted by atomic mass is 19.1. The fraction of sp³-hybridized carbons (Fsp3) is 0.125. The Morgan fingerprint density at radius 2 is 2.05 bits per heavy atom. The van der Waals surface area contributed by atoms with Crippen LogP contribution in [-0.2, 0) is 4.74 Å². The summed E-state index contributed by atoms with van der Waals surface area (Å²) in [5, 5.41) is 18.4. The average molecular weight is 285 g/mol. The van der Waals surface area contributed by atoms with E-state index in [1.807, 2.05) is 6.07 Å². The predicted molar refractivity (Wildman–Crippen MR) is 74.2 cm³/mol. The van der Waals surface area contributed by atoms with Gasteiger partial charge in [0, 0.05) is 0 Å². The summed E-state index contributed by atoms with van der Waals surface area (Å²) in [6, 6.07) is 10.2. The molecule has 0 aliphatic heterocycles. The first-order chi connectivity index (χ1) is 10.0. The van der Waals surface area contributed by atoms with Crippen LogP contribution in [0.1, 0.15) is 22.8 Å². The number of rotatable bonds is 3. The molecule has 0 aliphatic rings. The van der Waals surface area contributed by atoms with Crippen LogP contribution in [0.2, 0.25) is 0 Å². The van der Waals surface area contributed by atoms with Crippen molar-refractivity contribution in [3.63, 3.8) is 0 Å². The van der Waals surface area contributed by atoms with E-state index in [0.717, 1.165) is 0 Å². The van der Waals surface area contributed by atoms with Crippen LogP contribution in [0.3, 0.4) is 0 Å². The van der Waals surface area contributed by atoms with Crippen molar-refractivity contribution in [1.82, 2.24) is 0 Å². The second kappa shape index (κ2) is 6.06. The molecule has 5 heteroatoms. The largest absolute Gasteiger partial charge is 0.508 e. The lowest BCUT2D eigenvalue weighted by molar-refractivity contribution is 0.0521. The molecule has 0 aliphatic carbocycles. The van der Waals surface area contributed by atoms with Gasteiger partial charge in [-0.05, 0) is 48.4 Å². The van der Waals surface area contributed by atoms with Gasteiger partial charge in [0.05, 0.1) is 23.8 Å². The fourth-order valence-corrected chi connectivity index (χ4v) is 1.91. The fourth-order valence-electron chi connectivity index (χ4n) is 1.91. The molecule has 0 saturated heterocycles. The molecule has 0 radical (unpaired) electrons. The molecule has 0 spiro atoms. The Morgan fingerprint density at radius 1 is 1.29 bits per heavy atom. The van der Waals surface area contributed by atoms with E-state index in [9.17, 15) is 14.3 Å². The molecule has 106 valence electrons. The van der Waals surface area contributed by atoms with E-state index in [2.05, 4.69) is 0 Å². The van der Waals surface area contributed by atoms with E-state index in [1.54, 1.807) is 6.92 Å². The van der Waals surface area contributed by atoms with Gasteiger partial charge in [0.1, 0.15) is 11.6 Å². The minimum Gasteiger partial charge on any atom is -0.508 e. The molecule has 0 heterocycles. The van der Waals surface area contributed by atoms with Crippen molar-refractivity contribution in [2.24, 2.45) is 0 Å². The van der Waals surface area contributed by atoms with Gasteiger partial charge in [-0.1, -0.05) is 6.07 Å². The van der Waals surface area contributed by atoms with Crippen molar-refractivity contribution in [1.29, 1.82) is 5.26 Å². The summed E-state index contributed by atoms with van der Waals surface area (Å²) in [4.78, 5) is 11.5. The number of halogens is 1. The molecule has 21 heavy (non-hydrogen) atoms. The molecule has 0 amide bonds. The quantitative estimate of drug-likeness (QED) is 0.879. The summed E-state index contributed by atoms with van der Waals surface area (Å²) < 4.78 is 18.7. The maximum atomic E-state index is 14.0. The Morgan fingerprint density at radius 3 is 2.67 bits per heavy atom. The number of hydrogen-bond acceptors (Lipinski definition) is 4. The van der Waals surface area contributed by atoms with Gasteiger partial charge >= 0.3 is 5.97 Å². The molecule has 4 nitrogen and oxygen atoms in total. The zero-order chi connectivity index (χ0) is 15.4. The molecule has 0 aromatic heterocycles. The number of aromatic hydroxyl groups is 1. The minimum absolute atomic E-state index is 0.0843. The molecule has 0 fully saturated rings. The van der Waals surface area contributed by atoms with E-state index < -0.39 is 11.8 Å². The van der Waals surface area contributed by atoms with Gasteiger partial charge in [0.2, 0.25) is 0 Å². The van der Waals surface area contributed by atoms with E-state index in [1.165, 1.54) is 36.4 Å². The van der Waals surface area contributed by atoms with Gasteiger partial charge in [0.25, 0.3) is 0 Å². The number of hydrogen-bond donors (Lipinski definition) is 1. The van der Waals surface area contributed by atoms with Gasteiger partial charge in [-0.2, -0.15) is 5.26 Å². The van der Waals surface area contributed by atoms with E-state index in [4.69, 9.17) is 10.00 Å². The van der Waals surface area contributed by atoms with Crippen molar-refractivity contribution in [2.75, 3.05) is 6.61 Å². The Bertz CT molecular complexity index is 735. The average Bonchev–Trinajstić information content (AvgIpc) is 2.46. The molecule has 2 aromatic carbocycles. The van der Waals surface area contributed by atoms with Crippen LogP contribution in [0.15, 0.2) is 36.4 Å². The van der Waals surface area contributed by atoms with Crippen molar-refractivity contribution < 1.29 is 19.0 Å². The molecule has 0 bridgehead atoms. The SMILES string of the molecule is CCOC(=O)c1ccc(-c2cc(O)cc(C#N)c2)cc1F. The van der Waals surface area contributed by atoms with E-state index >= 15 is 0 Å². The summed E-state index contributed by atoms with van der Waals surface area (Å²) in [7, 11) is 0. The highest BCUT2D eigenvalue weighted by Gasteiger charge is 2.14. The van der Waals surface area contributed by atoms with Gasteiger partial charge in [-0.15, -0.1) is 0 Å². The number of nitrogens with zero attached hydrogens (tertiary/aromatic N) is 1. The van der Waals surface area contributed by atoms with E-state index in [0.29, 0.717) is 11.1 Å².